The Morgan fingerprint density at radius 1 is 0.848 bits per heavy atom. The second-order valence-corrected chi connectivity index (χ2v) is 10.3. The molecule has 6 heteroatoms. The lowest BCUT2D eigenvalue weighted by Crippen LogP contribution is -2.30. The Balaban J connectivity index is 1.55. The second-order valence-electron chi connectivity index (χ2n) is 8.69. The van der Waals surface area contributed by atoms with Crippen molar-refractivity contribution in [2.75, 3.05) is 11.4 Å². The van der Waals surface area contributed by atoms with Crippen LogP contribution in [0.2, 0.25) is 0 Å². The summed E-state index contributed by atoms with van der Waals surface area (Å²) in [6.45, 7) is 5.34. The number of rotatable bonds is 9. The molecule has 0 atom stereocenters. The highest BCUT2D eigenvalue weighted by Gasteiger charge is 2.41. The SMILES string of the molecule is CCCCCCCCN1C(=O)/C(=C2/C(=O)N(Cc3ccc(C)cc3)c3ccccc32)SC1=S. The molecule has 0 unspecified atom stereocenters. The molecule has 2 aromatic carbocycles. The lowest BCUT2D eigenvalue weighted by Gasteiger charge is -2.17. The van der Waals surface area contributed by atoms with Crippen molar-refractivity contribution in [3.8, 4) is 0 Å². The molecule has 33 heavy (non-hydrogen) atoms. The van der Waals surface area contributed by atoms with E-state index in [2.05, 4.69) is 19.1 Å². The Morgan fingerprint density at radius 2 is 1.55 bits per heavy atom. The van der Waals surface area contributed by atoms with Crippen molar-refractivity contribution in [1.29, 1.82) is 0 Å². The van der Waals surface area contributed by atoms with Gasteiger partial charge in [-0.25, -0.2) is 0 Å². The van der Waals surface area contributed by atoms with Gasteiger partial charge in [0, 0.05) is 12.1 Å². The number of carbonyl (C=O) groups excluding carboxylic acids is 2. The Bertz CT molecular complexity index is 1090. The van der Waals surface area contributed by atoms with E-state index >= 15 is 0 Å². The Labute approximate surface area is 206 Å². The van der Waals surface area contributed by atoms with Crippen LogP contribution in [0.5, 0.6) is 0 Å². The quantitative estimate of drug-likeness (QED) is 0.235. The Hall–Kier alpha value is -2.44. The van der Waals surface area contributed by atoms with E-state index in [0.717, 1.165) is 29.7 Å². The summed E-state index contributed by atoms with van der Waals surface area (Å²) in [6.07, 6.45) is 6.93. The van der Waals surface area contributed by atoms with Gasteiger partial charge in [0.1, 0.15) is 4.32 Å². The van der Waals surface area contributed by atoms with Crippen molar-refractivity contribution >= 4 is 51.4 Å². The molecular weight excluding hydrogens is 448 g/mol. The first-order valence-corrected chi connectivity index (χ1v) is 13.0. The summed E-state index contributed by atoms with van der Waals surface area (Å²) < 4.78 is 0.554. The molecule has 172 valence electrons. The van der Waals surface area contributed by atoms with E-state index in [-0.39, 0.29) is 11.8 Å². The average molecular weight is 479 g/mol. The lowest BCUT2D eigenvalue weighted by atomic mass is 10.1. The Morgan fingerprint density at radius 3 is 2.30 bits per heavy atom. The summed E-state index contributed by atoms with van der Waals surface area (Å²) in [4.78, 5) is 30.8. The number of anilines is 1. The Kier molecular flexibility index (Phi) is 7.66. The third-order valence-corrected chi connectivity index (χ3v) is 7.64. The highest BCUT2D eigenvalue weighted by atomic mass is 32.2. The van der Waals surface area contributed by atoms with Crippen molar-refractivity contribution in [2.24, 2.45) is 0 Å². The molecule has 0 aromatic heterocycles. The van der Waals surface area contributed by atoms with Crippen LogP contribution in [-0.4, -0.2) is 27.6 Å². The molecule has 0 saturated carbocycles. The zero-order chi connectivity index (χ0) is 23.4. The van der Waals surface area contributed by atoms with Gasteiger partial charge >= 0.3 is 0 Å². The second kappa shape index (κ2) is 10.7. The molecule has 0 N–H and O–H groups in total. The van der Waals surface area contributed by atoms with E-state index in [1.54, 1.807) is 9.80 Å². The molecule has 2 amide bonds. The van der Waals surface area contributed by atoms with Crippen LogP contribution in [0.4, 0.5) is 5.69 Å². The predicted molar refractivity (Wildman–Crippen MR) is 141 cm³/mol. The lowest BCUT2D eigenvalue weighted by molar-refractivity contribution is -0.122. The number of amides is 2. The van der Waals surface area contributed by atoms with Crippen LogP contribution < -0.4 is 4.90 Å². The molecule has 2 aliphatic rings. The van der Waals surface area contributed by atoms with Crippen LogP contribution in [0.15, 0.2) is 53.4 Å². The van der Waals surface area contributed by atoms with Crippen LogP contribution in [0, 0.1) is 6.92 Å². The number of para-hydroxylation sites is 1. The molecule has 4 rings (SSSR count). The van der Waals surface area contributed by atoms with Gasteiger partial charge in [0.2, 0.25) is 0 Å². The largest absolute Gasteiger partial charge is 0.303 e. The highest BCUT2D eigenvalue weighted by molar-refractivity contribution is 8.26. The van der Waals surface area contributed by atoms with Gasteiger partial charge in [0.25, 0.3) is 11.8 Å². The van der Waals surface area contributed by atoms with Crippen LogP contribution >= 0.6 is 24.0 Å². The van der Waals surface area contributed by atoms with E-state index in [1.165, 1.54) is 43.0 Å². The summed E-state index contributed by atoms with van der Waals surface area (Å²) in [7, 11) is 0. The maximum Gasteiger partial charge on any atom is 0.267 e. The number of fused-ring (bicyclic) bond motifs is 1. The minimum absolute atomic E-state index is 0.128. The molecule has 2 aromatic rings. The molecule has 4 nitrogen and oxygen atoms in total. The highest BCUT2D eigenvalue weighted by Crippen LogP contribution is 2.45. The number of nitrogens with zero attached hydrogens (tertiary/aromatic N) is 2. The van der Waals surface area contributed by atoms with Crippen LogP contribution in [0.3, 0.4) is 0 Å². The average Bonchev–Trinajstić information content (AvgIpc) is 3.24. The third-order valence-electron chi connectivity index (χ3n) is 6.20. The van der Waals surface area contributed by atoms with Crippen molar-refractivity contribution < 1.29 is 9.59 Å². The smallest absolute Gasteiger partial charge is 0.267 e. The first kappa shape index (κ1) is 23.7. The zero-order valence-corrected chi connectivity index (χ0v) is 20.9. The number of hydrogen-bond acceptors (Lipinski definition) is 4. The molecule has 2 heterocycles. The molecule has 2 aliphatic heterocycles. The minimum atomic E-state index is -0.131. The van der Waals surface area contributed by atoms with Gasteiger partial charge in [-0.1, -0.05) is 111 Å². The van der Waals surface area contributed by atoms with Crippen LogP contribution in [0.25, 0.3) is 5.57 Å². The van der Waals surface area contributed by atoms with Gasteiger partial charge in [-0.2, -0.15) is 0 Å². The van der Waals surface area contributed by atoms with Crippen molar-refractivity contribution in [2.45, 2.75) is 58.9 Å². The summed E-state index contributed by atoms with van der Waals surface area (Å²) in [5.74, 6) is -0.259. The number of aryl methyl sites for hydroxylation is 1. The van der Waals surface area contributed by atoms with Gasteiger partial charge in [-0.05, 0) is 25.0 Å². The van der Waals surface area contributed by atoms with E-state index < -0.39 is 0 Å². The summed E-state index contributed by atoms with van der Waals surface area (Å²) >= 11 is 6.81. The molecule has 0 aliphatic carbocycles. The van der Waals surface area contributed by atoms with Gasteiger partial charge in [0.05, 0.1) is 22.7 Å². The number of carbonyl (C=O) groups is 2. The van der Waals surface area contributed by atoms with E-state index in [4.69, 9.17) is 12.2 Å². The summed E-state index contributed by atoms with van der Waals surface area (Å²) in [5.41, 5.74) is 4.39. The fraction of sp³-hybridized carbons (Fsp3) is 0.370. The number of hydrogen-bond donors (Lipinski definition) is 0. The minimum Gasteiger partial charge on any atom is -0.303 e. The van der Waals surface area contributed by atoms with E-state index in [0.29, 0.717) is 27.9 Å². The molecule has 1 fully saturated rings. The first-order valence-electron chi connectivity index (χ1n) is 11.8. The van der Waals surface area contributed by atoms with Crippen molar-refractivity contribution in [1.82, 2.24) is 4.90 Å². The van der Waals surface area contributed by atoms with Gasteiger partial charge in [0.15, 0.2) is 0 Å². The van der Waals surface area contributed by atoms with Crippen molar-refractivity contribution in [3.63, 3.8) is 0 Å². The zero-order valence-electron chi connectivity index (χ0n) is 19.3. The van der Waals surface area contributed by atoms with Crippen LogP contribution in [0.1, 0.15) is 62.1 Å². The maximum atomic E-state index is 13.6. The molecule has 1 saturated heterocycles. The fourth-order valence-corrected chi connectivity index (χ4v) is 5.71. The topological polar surface area (TPSA) is 40.6 Å². The molecule has 0 bridgehead atoms. The fourth-order valence-electron chi connectivity index (χ4n) is 4.33. The van der Waals surface area contributed by atoms with E-state index in [1.807, 2.05) is 43.3 Å². The predicted octanol–water partition coefficient (Wildman–Crippen LogP) is 6.47. The normalized spacial score (nSPS) is 17.9. The van der Waals surface area contributed by atoms with Gasteiger partial charge in [-0.15, -0.1) is 0 Å². The third kappa shape index (κ3) is 5.07. The number of thioether (sulfide) groups is 1. The van der Waals surface area contributed by atoms with Gasteiger partial charge < -0.3 is 4.90 Å². The van der Waals surface area contributed by atoms with Gasteiger partial charge in [-0.3, -0.25) is 14.5 Å². The van der Waals surface area contributed by atoms with Crippen LogP contribution in [-0.2, 0) is 16.1 Å². The monoisotopic (exact) mass is 478 g/mol. The van der Waals surface area contributed by atoms with Crippen molar-refractivity contribution in [3.05, 3.63) is 70.1 Å². The number of thiocarbonyl (C=S) groups is 1. The summed E-state index contributed by atoms with van der Waals surface area (Å²) in [6, 6.07) is 15.9. The number of benzene rings is 2. The maximum absolute atomic E-state index is 13.6. The summed E-state index contributed by atoms with van der Waals surface area (Å²) in [5, 5.41) is 0. The molecule has 0 radical (unpaired) electrons. The number of unbranched alkanes of at least 4 members (excludes halogenated alkanes) is 5. The van der Waals surface area contributed by atoms with E-state index in [9.17, 15) is 9.59 Å². The first-order chi connectivity index (χ1) is 16.0. The molecular formula is C27H30N2O2S2. The standard InChI is InChI=1S/C27H30N2O2S2/c1-3-4-5-6-7-10-17-28-26(31)24(33-27(28)32)23-21-11-8-9-12-22(21)29(25(23)30)18-20-15-13-19(2)14-16-20/h8-9,11-16H,3-7,10,17-18H2,1-2H3/b24-23-. The molecule has 0 spiro atoms.